The van der Waals surface area contributed by atoms with Crippen LogP contribution in [0.3, 0.4) is 0 Å². The molecule has 1 saturated heterocycles. The van der Waals surface area contributed by atoms with Crippen LogP contribution in [0.1, 0.15) is 36.2 Å². The summed E-state index contributed by atoms with van der Waals surface area (Å²) in [6.07, 6.45) is 2.31. The zero-order valence-electron chi connectivity index (χ0n) is 18.4. The maximum absolute atomic E-state index is 13.0. The summed E-state index contributed by atoms with van der Waals surface area (Å²) in [7, 11) is 0. The van der Waals surface area contributed by atoms with E-state index >= 15 is 0 Å². The second-order valence-electron chi connectivity index (χ2n) is 8.50. The van der Waals surface area contributed by atoms with E-state index in [1.807, 2.05) is 48.0 Å². The third-order valence-electron chi connectivity index (χ3n) is 6.42. The number of anilines is 1. The van der Waals surface area contributed by atoms with Crippen LogP contribution in [0.5, 0.6) is 0 Å². The molecule has 0 aliphatic carbocycles. The Hall–Kier alpha value is -3.90. The van der Waals surface area contributed by atoms with Gasteiger partial charge in [0.1, 0.15) is 17.5 Å². The van der Waals surface area contributed by atoms with Gasteiger partial charge in [0.05, 0.1) is 42.7 Å². The highest BCUT2D eigenvalue weighted by molar-refractivity contribution is 5.75. The molecule has 3 aromatic rings. The number of nitrogen functional groups attached to an aromatic ring is 1. The molecule has 1 spiro atoms. The van der Waals surface area contributed by atoms with Crippen molar-refractivity contribution in [3.05, 3.63) is 65.5 Å². The van der Waals surface area contributed by atoms with E-state index in [4.69, 9.17) is 15.6 Å². The smallest absolute Gasteiger partial charge is 0.317 e. The third-order valence-corrected chi connectivity index (χ3v) is 6.42. The van der Waals surface area contributed by atoms with Crippen LogP contribution < -0.4 is 11.1 Å². The van der Waals surface area contributed by atoms with Crippen LogP contribution in [0.4, 0.5) is 10.6 Å². The van der Waals surface area contributed by atoms with Gasteiger partial charge < -0.3 is 20.7 Å². The first kappa shape index (κ1) is 21.0. The molecule has 9 nitrogen and oxygen atoms in total. The van der Waals surface area contributed by atoms with E-state index in [2.05, 4.69) is 16.4 Å². The summed E-state index contributed by atoms with van der Waals surface area (Å²) in [5.41, 5.74) is 8.91. The summed E-state index contributed by atoms with van der Waals surface area (Å²) in [5.74, 6) is 0.201. The Morgan fingerprint density at radius 1 is 1.30 bits per heavy atom. The summed E-state index contributed by atoms with van der Waals surface area (Å²) in [6.45, 7) is 4.17. The van der Waals surface area contributed by atoms with E-state index in [0.717, 1.165) is 16.8 Å². The van der Waals surface area contributed by atoms with E-state index in [1.165, 1.54) is 0 Å². The Labute approximate surface area is 191 Å². The minimum Gasteiger partial charge on any atom is -0.383 e. The Balaban J connectivity index is 1.36. The molecule has 2 aliphatic heterocycles. The molecule has 9 heteroatoms. The van der Waals surface area contributed by atoms with Crippen molar-refractivity contribution in [3.63, 3.8) is 0 Å². The number of nitrogens with zero attached hydrogens (tertiary/aromatic N) is 5. The molecule has 0 saturated carbocycles. The largest absolute Gasteiger partial charge is 0.383 e. The van der Waals surface area contributed by atoms with Crippen molar-refractivity contribution in [2.75, 3.05) is 25.4 Å². The van der Waals surface area contributed by atoms with Gasteiger partial charge in [0.25, 0.3) is 0 Å². The average Bonchev–Trinajstić information content (AvgIpc) is 3.46. The maximum atomic E-state index is 13.0. The lowest BCUT2D eigenvalue weighted by atomic mass is 9.96. The number of aromatic nitrogens is 3. The van der Waals surface area contributed by atoms with Crippen LogP contribution in [0.15, 0.2) is 48.7 Å². The number of fused-ring (bicyclic) bond motifs is 2. The Kier molecular flexibility index (Phi) is 5.23. The second kappa shape index (κ2) is 8.22. The Morgan fingerprint density at radius 2 is 2.12 bits per heavy atom. The lowest BCUT2D eigenvalue weighted by Crippen LogP contribution is -2.44. The van der Waals surface area contributed by atoms with Gasteiger partial charge in [0.15, 0.2) is 0 Å². The molecule has 0 bridgehead atoms. The van der Waals surface area contributed by atoms with Gasteiger partial charge in [-0.05, 0) is 24.6 Å². The number of carbonyl (C=O) groups is 1. The first-order chi connectivity index (χ1) is 16.0. The number of rotatable bonds is 3. The molecular formula is C24H25N7O2. The highest BCUT2D eigenvalue weighted by Gasteiger charge is 2.47. The van der Waals surface area contributed by atoms with Crippen LogP contribution >= 0.6 is 0 Å². The fraction of sp³-hybridized carbons (Fsp3) is 0.333. The Bertz CT molecular complexity index is 1230. The fourth-order valence-corrected chi connectivity index (χ4v) is 4.59. The van der Waals surface area contributed by atoms with Gasteiger partial charge in [0, 0.05) is 24.7 Å². The molecule has 1 aromatic carbocycles. The molecular weight excluding hydrogens is 418 g/mol. The van der Waals surface area contributed by atoms with Crippen LogP contribution in [0, 0.1) is 11.3 Å². The average molecular weight is 444 g/mol. The van der Waals surface area contributed by atoms with E-state index in [1.54, 1.807) is 17.2 Å². The number of urea groups is 1. The minimum absolute atomic E-state index is 0.0907. The van der Waals surface area contributed by atoms with Gasteiger partial charge in [-0.25, -0.2) is 9.78 Å². The first-order valence-corrected chi connectivity index (χ1v) is 11.0. The predicted molar refractivity (Wildman–Crippen MR) is 122 cm³/mol. The molecule has 0 radical (unpaired) electrons. The lowest BCUT2D eigenvalue weighted by molar-refractivity contribution is -0.0701. The highest BCUT2D eigenvalue weighted by Crippen LogP contribution is 2.40. The molecule has 5 rings (SSSR count). The Morgan fingerprint density at radius 3 is 2.91 bits per heavy atom. The number of nitrogens with two attached hydrogens (primary N) is 1. The molecule has 2 aliphatic rings. The summed E-state index contributed by atoms with van der Waals surface area (Å²) in [5, 5.41) is 17.1. The first-order valence-electron chi connectivity index (χ1n) is 11.0. The topological polar surface area (TPSA) is 122 Å². The van der Waals surface area contributed by atoms with Gasteiger partial charge in [0.2, 0.25) is 0 Å². The number of pyridine rings is 1. The zero-order valence-corrected chi connectivity index (χ0v) is 18.4. The number of carbonyl (C=O) groups excluding carboxylic acids is 1. The molecule has 1 unspecified atom stereocenters. The highest BCUT2D eigenvalue weighted by atomic mass is 16.5. The number of nitrogens with one attached hydrogen (secondary N) is 1. The number of hydrogen-bond acceptors (Lipinski definition) is 6. The van der Waals surface area contributed by atoms with E-state index < -0.39 is 5.60 Å². The molecule has 33 heavy (non-hydrogen) atoms. The zero-order chi connectivity index (χ0) is 23.0. The van der Waals surface area contributed by atoms with E-state index in [-0.39, 0.29) is 17.9 Å². The van der Waals surface area contributed by atoms with E-state index in [9.17, 15) is 10.1 Å². The number of amides is 2. The molecule has 3 N–H and O–H groups in total. The van der Waals surface area contributed by atoms with Crippen molar-refractivity contribution in [1.29, 1.82) is 5.26 Å². The number of likely N-dealkylation sites (tertiary alicyclic amines) is 1. The lowest BCUT2D eigenvalue weighted by Gasteiger charge is -2.34. The standard InChI is InChI=1S/C24H25N7O2/c1-16(17-5-3-2-4-6-17)28-23(32)30-8-7-24(15-30)21-12-20(29-31(21)9-10-33-24)19-11-18(13-25)22(26)27-14-19/h2-6,11-12,14,16H,7-10,15H2,1H3,(H2,26,27)(H,28,32)/t16-,24?/m1/s1. The molecule has 1 fully saturated rings. The molecule has 2 amide bonds. The monoisotopic (exact) mass is 443 g/mol. The van der Waals surface area contributed by atoms with Crippen molar-refractivity contribution < 1.29 is 9.53 Å². The summed E-state index contributed by atoms with van der Waals surface area (Å²) in [6, 6.07) is 15.4. The van der Waals surface area contributed by atoms with Crippen molar-refractivity contribution in [3.8, 4) is 17.3 Å². The maximum Gasteiger partial charge on any atom is 0.317 e. The van der Waals surface area contributed by atoms with Gasteiger partial charge >= 0.3 is 6.03 Å². The number of hydrogen-bond donors (Lipinski definition) is 2. The van der Waals surface area contributed by atoms with Gasteiger partial charge in [-0.1, -0.05) is 30.3 Å². The third kappa shape index (κ3) is 3.79. The molecule has 2 aromatic heterocycles. The van der Waals surface area contributed by atoms with Gasteiger partial charge in [-0.3, -0.25) is 4.68 Å². The van der Waals surface area contributed by atoms with Gasteiger partial charge in [-0.2, -0.15) is 10.4 Å². The molecule has 2 atom stereocenters. The number of nitriles is 1. The summed E-state index contributed by atoms with van der Waals surface area (Å²) < 4.78 is 8.21. The predicted octanol–water partition coefficient (Wildman–Crippen LogP) is 2.80. The van der Waals surface area contributed by atoms with Crippen molar-refractivity contribution in [1.82, 2.24) is 25.0 Å². The summed E-state index contributed by atoms with van der Waals surface area (Å²) >= 11 is 0. The van der Waals surface area contributed by atoms with Gasteiger partial charge in [-0.15, -0.1) is 0 Å². The van der Waals surface area contributed by atoms with Crippen molar-refractivity contribution in [2.24, 2.45) is 0 Å². The van der Waals surface area contributed by atoms with E-state index in [0.29, 0.717) is 43.9 Å². The van der Waals surface area contributed by atoms with Crippen molar-refractivity contribution in [2.45, 2.75) is 31.5 Å². The second-order valence-corrected chi connectivity index (χ2v) is 8.50. The van der Waals surface area contributed by atoms with Crippen LogP contribution in [-0.2, 0) is 16.9 Å². The normalized spacial score (nSPS) is 20.3. The summed E-state index contributed by atoms with van der Waals surface area (Å²) in [4.78, 5) is 18.9. The quantitative estimate of drug-likeness (QED) is 0.642. The fourth-order valence-electron chi connectivity index (χ4n) is 4.59. The molecule has 4 heterocycles. The molecule has 168 valence electrons. The number of ether oxygens (including phenoxy) is 1. The van der Waals surface area contributed by atoms with Crippen molar-refractivity contribution >= 4 is 11.8 Å². The van der Waals surface area contributed by atoms with Crippen LogP contribution in [0.25, 0.3) is 11.3 Å². The SMILES string of the molecule is C[C@@H](NC(=O)N1CCC2(C1)OCCn1nc(-c3cnc(N)c(C#N)c3)cc12)c1ccccc1. The minimum atomic E-state index is -0.601. The van der Waals surface area contributed by atoms with Crippen LogP contribution in [-0.4, -0.2) is 45.4 Å². The number of benzene rings is 1. The van der Waals surface area contributed by atoms with Crippen LogP contribution in [0.2, 0.25) is 0 Å².